The van der Waals surface area contributed by atoms with Gasteiger partial charge in [-0.25, -0.2) is 4.68 Å². The van der Waals surface area contributed by atoms with E-state index in [1.807, 2.05) is 30.3 Å². The number of aromatic amines is 1. The van der Waals surface area contributed by atoms with Gasteiger partial charge in [-0.3, -0.25) is 9.69 Å². The van der Waals surface area contributed by atoms with Crippen LogP contribution in [0.15, 0.2) is 47.3 Å². The fraction of sp³-hybridized carbons (Fsp3) is 0.407. The van der Waals surface area contributed by atoms with E-state index in [9.17, 15) is 4.79 Å². The van der Waals surface area contributed by atoms with Gasteiger partial charge in [0.15, 0.2) is 17.3 Å². The minimum atomic E-state index is -0.474. The Morgan fingerprint density at radius 2 is 1.64 bits per heavy atom. The fourth-order valence-electron chi connectivity index (χ4n) is 5.11. The molecule has 0 aliphatic carbocycles. The number of hydrogen-bond acceptors (Lipinski definition) is 10. The maximum absolute atomic E-state index is 13.6. The van der Waals surface area contributed by atoms with Gasteiger partial charge in [0.2, 0.25) is 0 Å². The van der Waals surface area contributed by atoms with E-state index in [0.29, 0.717) is 54.6 Å². The lowest BCUT2D eigenvalue weighted by Crippen LogP contribution is -2.49. The molecule has 0 radical (unpaired) electrons. The number of benzene rings is 2. The first-order valence-corrected chi connectivity index (χ1v) is 12.7. The highest BCUT2D eigenvalue weighted by atomic mass is 16.5. The summed E-state index contributed by atoms with van der Waals surface area (Å²) in [4.78, 5) is 21.2. The summed E-state index contributed by atoms with van der Waals surface area (Å²) in [6, 6.07) is 13.0. The summed E-state index contributed by atoms with van der Waals surface area (Å²) in [6.07, 6.45) is 0. The number of H-pyrrole nitrogens is 1. The molecule has 0 spiro atoms. The fourth-order valence-corrected chi connectivity index (χ4v) is 5.11. The number of rotatable bonds is 10. The molecule has 1 fully saturated rings. The normalized spacial score (nSPS) is 14.9. The van der Waals surface area contributed by atoms with Crippen LogP contribution < -0.4 is 24.7 Å². The monoisotopic (exact) mass is 535 g/mol. The molecule has 3 heterocycles. The summed E-state index contributed by atoms with van der Waals surface area (Å²) in [5.41, 5.74) is 2.04. The van der Waals surface area contributed by atoms with Crippen molar-refractivity contribution in [1.29, 1.82) is 0 Å². The molecule has 12 heteroatoms. The summed E-state index contributed by atoms with van der Waals surface area (Å²) in [6.45, 7) is 3.76. The third kappa shape index (κ3) is 5.25. The molecule has 5 rings (SSSR count). The van der Waals surface area contributed by atoms with Crippen molar-refractivity contribution in [3.05, 3.63) is 64.2 Å². The van der Waals surface area contributed by atoms with Gasteiger partial charge in [-0.1, -0.05) is 12.1 Å². The maximum atomic E-state index is 13.6. The Morgan fingerprint density at radius 3 is 2.36 bits per heavy atom. The zero-order valence-corrected chi connectivity index (χ0v) is 22.6. The molecule has 1 aliphatic heterocycles. The molecule has 1 unspecified atom stereocenters. The molecule has 1 atom stereocenters. The highest BCUT2D eigenvalue weighted by Gasteiger charge is 2.33. The molecule has 2 aromatic carbocycles. The van der Waals surface area contributed by atoms with Gasteiger partial charge in [-0.05, 0) is 34.7 Å². The number of tetrazole rings is 1. The van der Waals surface area contributed by atoms with Crippen LogP contribution in [-0.2, 0) is 11.3 Å². The molecule has 1 aliphatic rings. The Morgan fingerprint density at radius 1 is 0.923 bits per heavy atom. The van der Waals surface area contributed by atoms with Crippen LogP contribution in [0.25, 0.3) is 10.9 Å². The SMILES string of the molecule is COCCn1nnnc1C(c1cc2cc(OC)c(OC)cc2[nH]c1=O)N1CCN(c2ccccc2OC)CC1. The van der Waals surface area contributed by atoms with E-state index in [2.05, 4.69) is 36.4 Å². The van der Waals surface area contributed by atoms with Gasteiger partial charge in [0.1, 0.15) is 11.8 Å². The zero-order valence-electron chi connectivity index (χ0n) is 22.6. The summed E-state index contributed by atoms with van der Waals surface area (Å²) in [5.74, 6) is 2.54. The lowest BCUT2D eigenvalue weighted by molar-refractivity contribution is 0.171. The molecule has 206 valence electrons. The van der Waals surface area contributed by atoms with Crippen LogP contribution in [0.5, 0.6) is 17.2 Å². The van der Waals surface area contributed by atoms with Gasteiger partial charge in [0.25, 0.3) is 5.56 Å². The number of methoxy groups -OCH3 is 4. The smallest absolute Gasteiger partial charge is 0.253 e. The summed E-state index contributed by atoms with van der Waals surface area (Å²) in [5, 5.41) is 13.3. The molecule has 39 heavy (non-hydrogen) atoms. The van der Waals surface area contributed by atoms with E-state index in [1.54, 1.807) is 39.2 Å². The van der Waals surface area contributed by atoms with Crippen LogP contribution >= 0.6 is 0 Å². The number of anilines is 1. The van der Waals surface area contributed by atoms with Crippen molar-refractivity contribution in [2.75, 3.05) is 66.1 Å². The highest BCUT2D eigenvalue weighted by Crippen LogP contribution is 2.34. The van der Waals surface area contributed by atoms with Crippen LogP contribution in [-0.4, -0.2) is 91.3 Å². The van der Waals surface area contributed by atoms with E-state index in [4.69, 9.17) is 18.9 Å². The van der Waals surface area contributed by atoms with Crippen molar-refractivity contribution < 1.29 is 18.9 Å². The maximum Gasteiger partial charge on any atom is 0.253 e. The minimum Gasteiger partial charge on any atom is -0.495 e. The number of nitrogens with zero attached hydrogens (tertiary/aromatic N) is 6. The van der Waals surface area contributed by atoms with Crippen molar-refractivity contribution in [1.82, 2.24) is 30.1 Å². The number of nitrogens with one attached hydrogen (secondary N) is 1. The summed E-state index contributed by atoms with van der Waals surface area (Å²) < 4.78 is 23.5. The quantitative estimate of drug-likeness (QED) is 0.323. The number of piperazine rings is 1. The van der Waals surface area contributed by atoms with Crippen LogP contribution in [0.4, 0.5) is 5.69 Å². The van der Waals surface area contributed by atoms with Crippen molar-refractivity contribution in [2.45, 2.75) is 12.6 Å². The number of hydrogen-bond donors (Lipinski definition) is 1. The minimum absolute atomic E-state index is 0.215. The molecule has 0 bridgehead atoms. The van der Waals surface area contributed by atoms with Crippen molar-refractivity contribution >= 4 is 16.6 Å². The molecular formula is C27H33N7O5. The highest BCUT2D eigenvalue weighted by molar-refractivity contribution is 5.83. The van der Waals surface area contributed by atoms with Gasteiger partial charge in [0.05, 0.1) is 45.7 Å². The largest absolute Gasteiger partial charge is 0.495 e. The van der Waals surface area contributed by atoms with Gasteiger partial charge < -0.3 is 28.8 Å². The lowest BCUT2D eigenvalue weighted by Gasteiger charge is -2.40. The molecule has 0 saturated carbocycles. The van der Waals surface area contributed by atoms with E-state index < -0.39 is 6.04 Å². The average molecular weight is 536 g/mol. The Kier molecular flexibility index (Phi) is 7.94. The zero-order chi connectivity index (χ0) is 27.4. The predicted molar refractivity (Wildman–Crippen MR) is 146 cm³/mol. The van der Waals surface area contributed by atoms with Gasteiger partial charge >= 0.3 is 0 Å². The van der Waals surface area contributed by atoms with Crippen LogP contribution in [0, 0.1) is 0 Å². The van der Waals surface area contributed by atoms with Crippen molar-refractivity contribution in [2.24, 2.45) is 0 Å². The topological polar surface area (TPSA) is 120 Å². The van der Waals surface area contributed by atoms with Gasteiger partial charge in [0, 0.05) is 50.3 Å². The van der Waals surface area contributed by atoms with Gasteiger partial charge in [-0.15, -0.1) is 5.10 Å². The first-order chi connectivity index (χ1) is 19.1. The number of aromatic nitrogens is 5. The number of para-hydroxylation sites is 2. The van der Waals surface area contributed by atoms with Crippen molar-refractivity contribution in [3.8, 4) is 17.2 Å². The summed E-state index contributed by atoms with van der Waals surface area (Å²) >= 11 is 0. The molecule has 12 nitrogen and oxygen atoms in total. The van der Waals surface area contributed by atoms with E-state index in [0.717, 1.165) is 29.9 Å². The molecule has 2 aromatic heterocycles. The second-order valence-electron chi connectivity index (χ2n) is 9.20. The van der Waals surface area contributed by atoms with Crippen molar-refractivity contribution in [3.63, 3.8) is 0 Å². The predicted octanol–water partition coefficient (Wildman–Crippen LogP) is 2.10. The average Bonchev–Trinajstić information content (AvgIpc) is 3.44. The molecule has 1 N–H and O–H groups in total. The van der Waals surface area contributed by atoms with Crippen LogP contribution in [0.3, 0.4) is 0 Å². The lowest BCUT2D eigenvalue weighted by atomic mass is 10.0. The first-order valence-electron chi connectivity index (χ1n) is 12.7. The Balaban J connectivity index is 1.54. The van der Waals surface area contributed by atoms with E-state index in [-0.39, 0.29) is 5.56 Å². The number of pyridine rings is 1. The first kappa shape index (κ1) is 26.4. The second-order valence-corrected chi connectivity index (χ2v) is 9.20. The number of fused-ring (bicyclic) bond motifs is 1. The molecule has 4 aromatic rings. The Bertz CT molecular complexity index is 1480. The van der Waals surface area contributed by atoms with E-state index in [1.165, 1.54) is 0 Å². The Labute approximate surface area is 226 Å². The molecule has 0 amide bonds. The second kappa shape index (κ2) is 11.7. The van der Waals surface area contributed by atoms with Crippen LogP contribution in [0.2, 0.25) is 0 Å². The standard InChI is InChI=1S/C27H33N7O5/c1-36-14-13-34-26(29-30-31-34)25(33-11-9-32(10-12-33)21-7-5-6-8-22(21)37-2)19-15-18-16-23(38-3)24(39-4)17-20(18)28-27(19)35/h5-8,15-17,25H,9-14H2,1-4H3,(H,28,35). The molecule has 1 saturated heterocycles. The third-order valence-electron chi connectivity index (χ3n) is 7.09. The van der Waals surface area contributed by atoms with Crippen LogP contribution in [0.1, 0.15) is 17.4 Å². The van der Waals surface area contributed by atoms with E-state index >= 15 is 0 Å². The number of ether oxygens (including phenoxy) is 4. The third-order valence-corrected chi connectivity index (χ3v) is 7.09. The summed E-state index contributed by atoms with van der Waals surface area (Å²) in [7, 11) is 6.47. The van der Waals surface area contributed by atoms with Gasteiger partial charge in [-0.2, -0.15) is 0 Å². The Hall–Kier alpha value is -4.16. The molecular weight excluding hydrogens is 502 g/mol.